The first-order valence-electron chi connectivity index (χ1n) is 7.63. The van der Waals surface area contributed by atoms with E-state index in [1.807, 2.05) is 20.0 Å². The van der Waals surface area contributed by atoms with Gasteiger partial charge in [0.25, 0.3) is 0 Å². The quantitative estimate of drug-likeness (QED) is 0.893. The van der Waals surface area contributed by atoms with Gasteiger partial charge in [0.05, 0.1) is 12.0 Å². The Balaban J connectivity index is 1.97. The van der Waals surface area contributed by atoms with Gasteiger partial charge in [0.1, 0.15) is 5.82 Å². The van der Waals surface area contributed by atoms with Gasteiger partial charge < -0.3 is 15.5 Å². The van der Waals surface area contributed by atoms with Gasteiger partial charge in [0, 0.05) is 24.8 Å². The summed E-state index contributed by atoms with van der Waals surface area (Å²) in [6, 6.07) is 5.23. The molecule has 0 saturated carbocycles. The molecule has 1 amide bonds. The van der Waals surface area contributed by atoms with Crippen molar-refractivity contribution in [3.8, 4) is 0 Å². The molecule has 1 aromatic rings. The number of nitrogens with zero attached hydrogens (tertiary/aromatic N) is 1. The zero-order valence-corrected chi connectivity index (χ0v) is 12.5. The summed E-state index contributed by atoms with van der Waals surface area (Å²) in [7, 11) is 1.87. The van der Waals surface area contributed by atoms with Crippen LogP contribution >= 0.6 is 0 Å². The molecule has 4 nitrogen and oxygen atoms in total. The number of anilines is 1. The van der Waals surface area contributed by atoms with Crippen molar-refractivity contribution < 1.29 is 9.18 Å². The van der Waals surface area contributed by atoms with Gasteiger partial charge in [-0.2, -0.15) is 0 Å². The Morgan fingerprint density at radius 3 is 3.05 bits per heavy atom. The highest BCUT2D eigenvalue weighted by Gasteiger charge is 2.41. The molecular weight excluding hydrogens is 269 g/mol. The van der Waals surface area contributed by atoms with E-state index in [4.69, 9.17) is 0 Å². The number of fused-ring (bicyclic) bond motifs is 1. The molecule has 0 bridgehead atoms. The van der Waals surface area contributed by atoms with Crippen molar-refractivity contribution in [1.82, 2.24) is 10.6 Å². The minimum absolute atomic E-state index is 0.0705. The molecule has 114 valence electrons. The van der Waals surface area contributed by atoms with Crippen molar-refractivity contribution in [2.24, 2.45) is 5.92 Å². The highest BCUT2D eigenvalue weighted by atomic mass is 19.1. The minimum Gasteiger partial charge on any atom is -0.366 e. The lowest BCUT2D eigenvalue weighted by molar-refractivity contribution is -0.122. The fourth-order valence-corrected chi connectivity index (χ4v) is 3.54. The second-order valence-corrected chi connectivity index (χ2v) is 5.97. The first kappa shape index (κ1) is 14.3. The Hall–Kier alpha value is -1.62. The second-order valence-electron chi connectivity index (χ2n) is 5.97. The molecule has 2 fully saturated rings. The molecule has 3 rings (SSSR count). The van der Waals surface area contributed by atoms with E-state index in [0.29, 0.717) is 6.54 Å². The van der Waals surface area contributed by atoms with Gasteiger partial charge in [-0.15, -0.1) is 0 Å². The van der Waals surface area contributed by atoms with E-state index in [-0.39, 0.29) is 29.7 Å². The van der Waals surface area contributed by atoms with Crippen molar-refractivity contribution in [2.75, 3.05) is 25.0 Å². The lowest BCUT2D eigenvalue weighted by atomic mass is 9.90. The summed E-state index contributed by atoms with van der Waals surface area (Å²) in [6.07, 6.45) is 1.95. The van der Waals surface area contributed by atoms with Gasteiger partial charge in [0.2, 0.25) is 5.91 Å². The Morgan fingerprint density at radius 2 is 2.29 bits per heavy atom. The Bertz CT molecular complexity index is 548. The van der Waals surface area contributed by atoms with Gasteiger partial charge in [0.15, 0.2) is 0 Å². The van der Waals surface area contributed by atoms with Crippen LogP contribution in [0.1, 0.15) is 31.4 Å². The largest absolute Gasteiger partial charge is 0.366 e. The zero-order valence-electron chi connectivity index (χ0n) is 12.5. The summed E-state index contributed by atoms with van der Waals surface area (Å²) in [4.78, 5) is 14.2. The van der Waals surface area contributed by atoms with Crippen LogP contribution in [0, 0.1) is 11.7 Å². The van der Waals surface area contributed by atoms with E-state index in [0.717, 1.165) is 30.6 Å². The van der Waals surface area contributed by atoms with Crippen LogP contribution in [0.2, 0.25) is 0 Å². The lowest BCUT2D eigenvalue weighted by Crippen LogP contribution is -2.46. The average Bonchev–Trinajstić information content (AvgIpc) is 2.88. The number of piperidine rings is 1. The third-order valence-corrected chi connectivity index (χ3v) is 4.80. The highest BCUT2D eigenvalue weighted by Crippen LogP contribution is 2.35. The van der Waals surface area contributed by atoms with Crippen LogP contribution in [-0.2, 0) is 4.79 Å². The summed E-state index contributed by atoms with van der Waals surface area (Å²) < 4.78 is 13.6. The Kier molecular flexibility index (Phi) is 3.85. The van der Waals surface area contributed by atoms with Crippen LogP contribution in [-0.4, -0.2) is 32.1 Å². The lowest BCUT2D eigenvalue weighted by Gasteiger charge is -2.39. The van der Waals surface area contributed by atoms with Gasteiger partial charge in [-0.25, -0.2) is 4.39 Å². The third kappa shape index (κ3) is 2.50. The molecular formula is C16H22FN3O. The molecule has 0 radical (unpaired) electrons. The molecule has 2 heterocycles. The SMILES string of the molecule is CNC(C)c1cc(F)ccc1N1CCCC2C(=O)NCC21. The van der Waals surface area contributed by atoms with E-state index in [9.17, 15) is 9.18 Å². The topological polar surface area (TPSA) is 44.4 Å². The molecule has 21 heavy (non-hydrogen) atoms. The first-order valence-corrected chi connectivity index (χ1v) is 7.63. The number of hydrogen-bond donors (Lipinski definition) is 2. The number of carbonyl (C=O) groups is 1. The number of nitrogens with one attached hydrogen (secondary N) is 2. The van der Waals surface area contributed by atoms with Crippen molar-refractivity contribution in [3.05, 3.63) is 29.6 Å². The summed E-state index contributed by atoms with van der Waals surface area (Å²) in [6.45, 7) is 3.64. The molecule has 2 aliphatic rings. The standard InChI is InChI=1S/C16H22FN3O/c1-10(18-2)13-8-11(17)5-6-14(13)20-7-3-4-12-15(20)9-19-16(12)21/h5-6,8,10,12,15,18H,3-4,7,9H2,1-2H3,(H,19,21). The van der Waals surface area contributed by atoms with E-state index in [1.165, 1.54) is 6.07 Å². The number of amides is 1. The normalized spacial score (nSPS) is 26.4. The molecule has 0 aromatic heterocycles. The maximum absolute atomic E-state index is 13.6. The van der Waals surface area contributed by atoms with Crippen LogP contribution in [0.5, 0.6) is 0 Å². The monoisotopic (exact) mass is 291 g/mol. The van der Waals surface area contributed by atoms with Crippen molar-refractivity contribution >= 4 is 11.6 Å². The number of hydrogen-bond acceptors (Lipinski definition) is 3. The van der Waals surface area contributed by atoms with Crippen LogP contribution in [0.3, 0.4) is 0 Å². The molecule has 2 aliphatic heterocycles. The van der Waals surface area contributed by atoms with Crippen LogP contribution in [0.15, 0.2) is 18.2 Å². The van der Waals surface area contributed by atoms with Crippen molar-refractivity contribution in [3.63, 3.8) is 0 Å². The number of benzene rings is 1. The summed E-state index contributed by atoms with van der Waals surface area (Å²) >= 11 is 0. The van der Waals surface area contributed by atoms with Gasteiger partial charge >= 0.3 is 0 Å². The minimum atomic E-state index is -0.218. The fraction of sp³-hybridized carbons (Fsp3) is 0.562. The van der Waals surface area contributed by atoms with Gasteiger partial charge in [-0.3, -0.25) is 4.79 Å². The molecule has 0 aliphatic carbocycles. The van der Waals surface area contributed by atoms with E-state index in [2.05, 4.69) is 15.5 Å². The maximum atomic E-state index is 13.6. The predicted octanol–water partition coefficient (Wildman–Crippen LogP) is 1.82. The summed E-state index contributed by atoms with van der Waals surface area (Å²) in [5, 5.41) is 6.15. The highest BCUT2D eigenvalue weighted by molar-refractivity contribution is 5.83. The predicted molar refractivity (Wildman–Crippen MR) is 80.7 cm³/mol. The van der Waals surface area contributed by atoms with Crippen molar-refractivity contribution in [1.29, 1.82) is 0 Å². The van der Waals surface area contributed by atoms with Crippen LogP contribution < -0.4 is 15.5 Å². The molecule has 3 atom stereocenters. The molecule has 1 aromatic carbocycles. The fourth-order valence-electron chi connectivity index (χ4n) is 3.54. The molecule has 5 heteroatoms. The number of rotatable bonds is 3. The van der Waals surface area contributed by atoms with Crippen LogP contribution in [0.4, 0.5) is 10.1 Å². The zero-order chi connectivity index (χ0) is 15.0. The van der Waals surface area contributed by atoms with E-state index < -0.39 is 0 Å². The van der Waals surface area contributed by atoms with Gasteiger partial charge in [-0.1, -0.05) is 0 Å². The first-order chi connectivity index (χ1) is 10.1. The smallest absolute Gasteiger partial charge is 0.225 e. The van der Waals surface area contributed by atoms with E-state index in [1.54, 1.807) is 6.07 Å². The third-order valence-electron chi connectivity index (χ3n) is 4.80. The van der Waals surface area contributed by atoms with Gasteiger partial charge in [-0.05, 0) is 50.6 Å². The molecule has 0 spiro atoms. The second kappa shape index (κ2) is 5.64. The number of carbonyl (C=O) groups excluding carboxylic acids is 1. The Labute approximate surface area is 124 Å². The average molecular weight is 291 g/mol. The number of halogens is 1. The van der Waals surface area contributed by atoms with E-state index >= 15 is 0 Å². The van der Waals surface area contributed by atoms with Crippen molar-refractivity contribution in [2.45, 2.75) is 31.8 Å². The molecule has 3 unspecified atom stereocenters. The maximum Gasteiger partial charge on any atom is 0.225 e. The van der Waals surface area contributed by atoms with Crippen LogP contribution in [0.25, 0.3) is 0 Å². The molecule has 2 N–H and O–H groups in total. The molecule has 2 saturated heterocycles. The summed E-state index contributed by atoms with van der Waals surface area (Å²) in [5.41, 5.74) is 2.00. The summed E-state index contributed by atoms with van der Waals surface area (Å²) in [5.74, 6) is 0.0154. The Morgan fingerprint density at radius 1 is 1.48 bits per heavy atom.